The molecule has 1 aromatic heterocycles. The Morgan fingerprint density at radius 3 is 2.76 bits per heavy atom. The van der Waals surface area contributed by atoms with Crippen molar-refractivity contribution in [3.63, 3.8) is 0 Å². The largest absolute Gasteiger partial charge is 0.472 e. The summed E-state index contributed by atoms with van der Waals surface area (Å²) >= 11 is 0. The summed E-state index contributed by atoms with van der Waals surface area (Å²) in [5.41, 5.74) is 16.1. The molecule has 0 bridgehead atoms. The molecule has 1 aliphatic rings. The van der Waals surface area contributed by atoms with Gasteiger partial charge in [0, 0.05) is 44.0 Å². The highest BCUT2D eigenvalue weighted by Gasteiger charge is 2.27. The molecule has 1 saturated carbocycles. The molecular formula is C20H29I2N5O2. The summed E-state index contributed by atoms with van der Waals surface area (Å²) < 4.78 is 5.03. The Balaban J connectivity index is 0. The number of nitrogens with two attached hydrogens (primary N) is 2. The number of halogens is 2. The van der Waals surface area contributed by atoms with Gasteiger partial charge in [-0.1, -0.05) is 0 Å². The number of anilines is 2. The van der Waals surface area contributed by atoms with Crippen molar-refractivity contribution in [3.8, 4) is 0 Å². The number of allylic oxidation sites excluding steroid dienone is 1. The van der Waals surface area contributed by atoms with Crippen molar-refractivity contribution in [3.05, 3.63) is 59.7 Å². The zero-order chi connectivity index (χ0) is 19.4. The fourth-order valence-electron chi connectivity index (χ4n) is 3.26. The van der Waals surface area contributed by atoms with Crippen LogP contribution in [0.25, 0.3) is 0 Å². The molecule has 1 aromatic carbocycles. The Labute approximate surface area is 206 Å². The number of hydrogen-bond donors (Lipinski definition) is 4. The van der Waals surface area contributed by atoms with Crippen LogP contribution in [0.1, 0.15) is 33.2 Å². The van der Waals surface area contributed by atoms with Gasteiger partial charge in [0.2, 0.25) is 5.91 Å². The first-order valence-electron chi connectivity index (χ1n) is 8.72. The lowest BCUT2D eigenvalue weighted by molar-refractivity contribution is -0.120. The van der Waals surface area contributed by atoms with Gasteiger partial charge in [-0.2, -0.15) is 0 Å². The molecule has 0 spiro atoms. The summed E-state index contributed by atoms with van der Waals surface area (Å²) in [5, 5.41) is 11.2. The van der Waals surface area contributed by atoms with Gasteiger partial charge in [0.15, 0.2) is 0 Å². The first-order valence-corrected chi connectivity index (χ1v) is 8.72. The Bertz CT molecular complexity index is 934. The topological polar surface area (TPSA) is 130 Å². The van der Waals surface area contributed by atoms with Gasteiger partial charge >= 0.3 is 0 Å². The number of benzene rings is 1. The van der Waals surface area contributed by atoms with Gasteiger partial charge in [0.25, 0.3) is 0 Å². The molecule has 7 nitrogen and oxygen atoms in total. The molecule has 0 aliphatic heterocycles. The molecule has 0 saturated heterocycles. The average molecular weight is 625 g/mol. The van der Waals surface area contributed by atoms with E-state index >= 15 is 0 Å². The van der Waals surface area contributed by atoms with Crippen molar-refractivity contribution in [2.75, 3.05) is 18.1 Å². The molecule has 6 N–H and O–H groups in total. The Morgan fingerprint density at radius 2 is 2.14 bits per heavy atom. The first kappa shape index (κ1) is 25.1. The summed E-state index contributed by atoms with van der Waals surface area (Å²) in [6.45, 7) is 0. The zero-order valence-corrected chi connectivity index (χ0v) is 20.6. The van der Waals surface area contributed by atoms with Crippen LogP contribution in [0.4, 0.5) is 11.4 Å². The number of carbonyl (C=O) groups excluding carboxylic acids is 1. The zero-order valence-electron chi connectivity index (χ0n) is 16.0. The molecule has 1 amide bonds. The molecule has 9 heteroatoms. The van der Waals surface area contributed by atoms with E-state index in [1.54, 1.807) is 31.3 Å². The maximum absolute atomic E-state index is 12.7. The minimum atomic E-state index is -0.167. The highest BCUT2D eigenvalue weighted by Crippen LogP contribution is 2.28. The highest BCUT2D eigenvalue weighted by molar-refractivity contribution is 14.0. The molecule has 160 valence electrons. The van der Waals surface area contributed by atoms with Crippen molar-refractivity contribution >= 4 is 76.7 Å². The van der Waals surface area contributed by atoms with Gasteiger partial charge in [0.1, 0.15) is 0 Å². The van der Waals surface area contributed by atoms with Crippen molar-refractivity contribution in [1.29, 1.82) is 5.41 Å². The monoisotopic (exact) mass is 625 g/mol. The Hall–Kier alpha value is -1.89. The molecule has 1 atom stereocenters. The molecule has 1 unspecified atom stereocenters. The number of aliphatic imine (C=N–C) groups is 1. The van der Waals surface area contributed by atoms with Crippen LogP contribution in [0.5, 0.6) is 0 Å². The van der Waals surface area contributed by atoms with Gasteiger partial charge in [-0.05, 0) is 55.3 Å². The summed E-state index contributed by atoms with van der Waals surface area (Å²) in [6, 6.07) is 6.83. The van der Waals surface area contributed by atoms with Crippen LogP contribution in [-0.2, 0) is 4.79 Å². The highest BCUT2D eigenvalue weighted by atomic mass is 127. The van der Waals surface area contributed by atoms with E-state index in [0.717, 1.165) is 24.1 Å². The fraction of sp³-hybridized carbons (Fsp3) is 0.250. The van der Waals surface area contributed by atoms with Gasteiger partial charge in [-0.15, -0.1) is 48.0 Å². The van der Waals surface area contributed by atoms with E-state index in [-0.39, 0.29) is 68.3 Å². The second-order valence-electron chi connectivity index (χ2n) is 6.48. The number of rotatable bonds is 4. The lowest BCUT2D eigenvalue weighted by atomic mass is 9.84. The molecule has 1 aliphatic carbocycles. The van der Waals surface area contributed by atoms with E-state index in [1.165, 1.54) is 18.7 Å². The van der Waals surface area contributed by atoms with E-state index in [4.69, 9.17) is 21.3 Å². The normalized spacial score (nSPS) is 18.6. The third kappa shape index (κ3) is 5.81. The number of nitrogen functional groups attached to an aromatic ring is 1. The molecular weight excluding hydrogens is 596 g/mol. The molecule has 0 radical (unpaired) electrons. The maximum Gasteiger partial charge on any atom is 0.227 e. The minimum Gasteiger partial charge on any atom is -0.472 e. The fourth-order valence-corrected chi connectivity index (χ4v) is 3.26. The number of hydrogen-bond acceptors (Lipinski definition) is 6. The molecule has 1 fully saturated rings. The smallest absolute Gasteiger partial charge is 0.227 e. The predicted molar refractivity (Wildman–Crippen MR) is 142 cm³/mol. The third-order valence-electron chi connectivity index (χ3n) is 4.81. The second-order valence-corrected chi connectivity index (χ2v) is 6.48. The van der Waals surface area contributed by atoms with Crippen molar-refractivity contribution in [1.82, 2.24) is 0 Å². The Kier molecular flexibility index (Phi) is 9.83. The number of carbonyl (C=O) groups is 1. The van der Waals surface area contributed by atoms with Crippen LogP contribution >= 0.6 is 48.0 Å². The van der Waals surface area contributed by atoms with Crippen LogP contribution < -0.4 is 16.8 Å². The van der Waals surface area contributed by atoms with E-state index in [9.17, 15) is 4.79 Å². The predicted octanol–water partition coefficient (Wildman–Crippen LogP) is 4.66. The first-order chi connectivity index (χ1) is 13.0. The van der Waals surface area contributed by atoms with Crippen LogP contribution in [0, 0.1) is 11.3 Å². The number of nitrogens with zero attached hydrogens (tertiary/aromatic N) is 1. The lowest BCUT2D eigenvalue weighted by Crippen LogP contribution is -2.29. The quantitative estimate of drug-likeness (QED) is 0.224. The van der Waals surface area contributed by atoms with E-state index in [1.807, 2.05) is 0 Å². The van der Waals surface area contributed by atoms with Crippen LogP contribution in [0.15, 0.2) is 58.0 Å². The van der Waals surface area contributed by atoms with Gasteiger partial charge in [-0.3, -0.25) is 15.2 Å². The molecule has 1 heterocycles. The van der Waals surface area contributed by atoms with E-state index in [2.05, 4.69) is 10.3 Å². The summed E-state index contributed by atoms with van der Waals surface area (Å²) in [6.07, 6.45) is 6.56. The summed E-state index contributed by atoms with van der Waals surface area (Å²) in [4.78, 5) is 16.9. The number of nitrogens with one attached hydrogen (secondary N) is 2. The minimum absolute atomic E-state index is 0. The maximum atomic E-state index is 12.7. The molecule has 3 rings (SSSR count). The number of furan rings is 1. The number of amides is 1. The van der Waals surface area contributed by atoms with Crippen LogP contribution in [0.3, 0.4) is 0 Å². The van der Waals surface area contributed by atoms with Gasteiger partial charge in [0.05, 0.1) is 18.2 Å². The standard InChI is InChI=1S/C20H23N5O2.2HI.2H2/c1-24-18-5-2-12(8-14(18)10-21)20(26)25-15-3-4-17(22)16(9-15)19(23)13-6-7-27-11-13;;;;/h3-4,6-7,9-12,23H,2,5,8,21-22H2,1H3,(H,25,26);4*1H/b14-10-,23-19?,24-18?;;;;. The van der Waals surface area contributed by atoms with Crippen LogP contribution in [-0.4, -0.2) is 24.4 Å². The molecule has 29 heavy (non-hydrogen) atoms. The Morgan fingerprint density at radius 1 is 1.38 bits per heavy atom. The van der Waals surface area contributed by atoms with Gasteiger partial charge < -0.3 is 21.2 Å². The second kappa shape index (κ2) is 11.3. The lowest BCUT2D eigenvalue weighted by Gasteiger charge is -2.24. The average Bonchev–Trinajstić information content (AvgIpc) is 3.23. The van der Waals surface area contributed by atoms with E-state index < -0.39 is 0 Å². The van der Waals surface area contributed by atoms with E-state index in [0.29, 0.717) is 28.9 Å². The van der Waals surface area contributed by atoms with Crippen molar-refractivity contribution < 1.29 is 12.1 Å². The third-order valence-corrected chi connectivity index (χ3v) is 4.81. The van der Waals surface area contributed by atoms with Gasteiger partial charge in [-0.25, -0.2) is 0 Å². The summed E-state index contributed by atoms with van der Waals surface area (Å²) in [5.74, 6) is -0.241. The summed E-state index contributed by atoms with van der Waals surface area (Å²) in [7, 11) is 1.74. The van der Waals surface area contributed by atoms with Crippen molar-refractivity contribution in [2.24, 2.45) is 16.6 Å². The SMILES string of the molecule is CN=C1CCC(C(=O)Nc2ccc(N)c(C(=N)c3ccoc3)c2)C/C1=C/N.I.I.[HH].[HH]. The van der Waals surface area contributed by atoms with Crippen molar-refractivity contribution in [2.45, 2.75) is 19.3 Å². The molecule has 2 aromatic rings. The van der Waals surface area contributed by atoms with Crippen LogP contribution in [0.2, 0.25) is 0 Å².